The van der Waals surface area contributed by atoms with Gasteiger partial charge >= 0.3 is 0 Å². The third-order valence-corrected chi connectivity index (χ3v) is 3.19. The van der Waals surface area contributed by atoms with Gasteiger partial charge in [-0.3, -0.25) is 9.59 Å². The molecule has 20 heavy (non-hydrogen) atoms. The molecule has 0 spiro atoms. The van der Waals surface area contributed by atoms with Crippen molar-refractivity contribution in [1.29, 1.82) is 0 Å². The molecule has 0 heterocycles. The highest BCUT2D eigenvalue weighted by Crippen LogP contribution is 2.30. The molecule has 5 nitrogen and oxygen atoms in total. The fraction of sp³-hybridized carbons (Fsp3) is 0.467. The number of amides is 2. The Morgan fingerprint density at radius 3 is 2.50 bits per heavy atom. The first-order valence-corrected chi connectivity index (χ1v) is 7.06. The van der Waals surface area contributed by atoms with Crippen molar-refractivity contribution in [2.45, 2.75) is 26.3 Å². The highest BCUT2D eigenvalue weighted by molar-refractivity contribution is 5.94. The van der Waals surface area contributed by atoms with Crippen LogP contribution >= 0.6 is 0 Å². The van der Waals surface area contributed by atoms with Gasteiger partial charge in [-0.15, -0.1) is 0 Å². The van der Waals surface area contributed by atoms with Crippen molar-refractivity contribution in [3.8, 4) is 0 Å². The van der Waals surface area contributed by atoms with E-state index in [2.05, 4.69) is 16.0 Å². The van der Waals surface area contributed by atoms with Gasteiger partial charge in [0.1, 0.15) is 0 Å². The Morgan fingerprint density at radius 1 is 1.20 bits per heavy atom. The van der Waals surface area contributed by atoms with Gasteiger partial charge in [0.2, 0.25) is 11.8 Å². The van der Waals surface area contributed by atoms with Crippen LogP contribution in [0.3, 0.4) is 0 Å². The lowest BCUT2D eigenvalue weighted by Gasteiger charge is -2.07. The molecule has 1 fully saturated rings. The third kappa shape index (κ3) is 4.66. The van der Waals surface area contributed by atoms with Crippen LogP contribution in [-0.2, 0) is 16.1 Å². The monoisotopic (exact) mass is 275 g/mol. The average Bonchev–Trinajstić information content (AvgIpc) is 3.29. The van der Waals surface area contributed by atoms with Crippen LogP contribution in [0.15, 0.2) is 24.3 Å². The van der Waals surface area contributed by atoms with Crippen molar-refractivity contribution in [2.24, 2.45) is 5.92 Å². The second-order valence-electron chi connectivity index (χ2n) is 5.02. The number of carbonyl (C=O) groups excluding carboxylic acids is 2. The number of likely N-dealkylation sites (N-methyl/N-ethyl adjacent to an activating group) is 1. The van der Waals surface area contributed by atoms with E-state index >= 15 is 0 Å². The van der Waals surface area contributed by atoms with E-state index in [9.17, 15) is 9.59 Å². The van der Waals surface area contributed by atoms with E-state index < -0.39 is 0 Å². The molecular weight excluding hydrogens is 254 g/mol. The van der Waals surface area contributed by atoms with E-state index in [1.165, 1.54) is 0 Å². The van der Waals surface area contributed by atoms with Crippen molar-refractivity contribution < 1.29 is 9.59 Å². The van der Waals surface area contributed by atoms with Gasteiger partial charge in [0.05, 0.1) is 6.54 Å². The molecule has 0 bridgehead atoms. The molecule has 1 aliphatic rings. The van der Waals surface area contributed by atoms with E-state index in [0.717, 1.165) is 30.6 Å². The number of hydrogen-bond donors (Lipinski definition) is 3. The molecule has 0 aromatic heterocycles. The Balaban J connectivity index is 1.76. The maximum Gasteiger partial charge on any atom is 0.234 e. The van der Waals surface area contributed by atoms with Gasteiger partial charge in [0, 0.05) is 18.2 Å². The number of anilines is 1. The van der Waals surface area contributed by atoms with E-state index in [1.54, 1.807) is 0 Å². The zero-order valence-corrected chi connectivity index (χ0v) is 11.7. The van der Waals surface area contributed by atoms with E-state index in [-0.39, 0.29) is 17.7 Å². The number of hydrogen-bond acceptors (Lipinski definition) is 3. The third-order valence-electron chi connectivity index (χ3n) is 3.19. The molecule has 0 saturated heterocycles. The predicted molar refractivity (Wildman–Crippen MR) is 78.2 cm³/mol. The highest BCUT2D eigenvalue weighted by Gasteiger charge is 2.29. The Morgan fingerprint density at radius 2 is 1.90 bits per heavy atom. The van der Waals surface area contributed by atoms with Crippen molar-refractivity contribution in [1.82, 2.24) is 10.6 Å². The molecule has 108 valence electrons. The molecule has 0 radical (unpaired) electrons. The summed E-state index contributed by atoms with van der Waals surface area (Å²) in [5, 5.41) is 8.69. The van der Waals surface area contributed by atoms with E-state index in [1.807, 2.05) is 31.2 Å². The second kappa shape index (κ2) is 7.05. The molecule has 1 saturated carbocycles. The van der Waals surface area contributed by atoms with Crippen LogP contribution in [0.1, 0.15) is 25.3 Å². The van der Waals surface area contributed by atoms with Crippen LogP contribution in [0.5, 0.6) is 0 Å². The predicted octanol–water partition coefficient (Wildman–Crippen LogP) is 1.26. The van der Waals surface area contributed by atoms with Gasteiger partial charge in [0.15, 0.2) is 0 Å². The molecular formula is C15H21N3O2. The van der Waals surface area contributed by atoms with Gasteiger partial charge in [-0.25, -0.2) is 0 Å². The molecule has 2 amide bonds. The molecule has 1 aliphatic carbocycles. The number of benzene rings is 1. The van der Waals surface area contributed by atoms with Crippen LogP contribution < -0.4 is 16.0 Å². The van der Waals surface area contributed by atoms with Crippen LogP contribution in [0.4, 0.5) is 5.69 Å². The van der Waals surface area contributed by atoms with Crippen molar-refractivity contribution in [3.05, 3.63) is 29.8 Å². The quantitative estimate of drug-likeness (QED) is 0.701. The Bertz CT molecular complexity index is 467. The SMILES string of the molecule is CCNCC(=O)NCc1ccc(NC(=O)C2CC2)cc1. The van der Waals surface area contributed by atoms with E-state index in [4.69, 9.17) is 0 Å². The second-order valence-corrected chi connectivity index (χ2v) is 5.02. The van der Waals surface area contributed by atoms with Gasteiger partial charge in [-0.05, 0) is 37.1 Å². The molecule has 1 aromatic rings. The molecule has 2 rings (SSSR count). The number of nitrogens with one attached hydrogen (secondary N) is 3. The lowest BCUT2D eigenvalue weighted by Crippen LogP contribution is -2.33. The Labute approximate surface area is 119 Å². The fourth-order valence-electron chi connectivity index (χ4n) is 1.80. The first kappa shape index (κ1) is 14.5. The first-order chi connectivity index (χ1) is 9.69. The summed E-state index contributed by atoms with van der Waals surface area (Å²) in [4.78, 5) is 23.0. The van der Waals surface area contributed by atoms with Crippen molar-refractivity contribution >= 4 is 17.5 Å². The molecule has 0 aliphatic heterocycles. The van der Waals surface area contributed by atoms with Crippen LogP contribution in [0.2, 0.25) is 0 Å². The summed E-state index contributed by atoms with van der Waals surface area (Å²) >= 11 is 0. The molecule has 0 unspecified atom stereocenters. The summed E-state index contributed by atoms with van der Waals surface area (Å²) in [6.07, 6.45) is 2.00. The maximum absolute atomic E-state index is 11.6. The lowest BCUT2D eigenvalue weighted by atomic mass is 10.2. The molecule has 3 N–H and O–H groups in total. The normalized spacial score (nSPS) is 13.8. The Kier molecular flexibility index (Phi) is 5.12. The van der Waals surface area contributed by atoms with Gasteiger partial charge in [-0.2, -0.15) is 0 Å². The zero-order valence-electron chi connectivity index (χ0n) is 11.7. The smallest absolute Gasteiger partial charge is 0.234 e. The maximum atomic E-state index is 11.6. The average molecular weight is 275 g/mol. The number of rotatable bonds is 7. The van der Waals surface area contributed by atoms with Crippen molar-refractivity contribution in [3.63, 3.8) is 0 Å². The van der Waals surface area contributed by atoms with Gasteiger partial charge in [0.25, 0.3) is 0 Å². The highest BCUT2D eigenvalue weighted by atomic mass is 16.2. The summed E-state index contributed by atoms with van der Waals surface area (Å²) in [6.45, 7) is 3.58. The van der Waals surface area contributed by atoms with Crippen LogP contribution in [0.25, 0.3) is 0 Å². The summed E-state index contributed by atoms with van der Waals surface area (Å²) in [6, 6.07) is 7.56. The minimum atomic E-state index is -0.0158. The number of carbonyl (C=O) groups is 2. The largest absolute Gasteiger partial charge is 0.351 e. The minimum Gasteiger partial charge on any atom is -0.351 e. The molecule has 0 atom stereocenters. The zero-order chi connectivity index (χ0) is 14.4. The summed E-state index contributed by atoms with van der Waals surface area (Å²) < 4.78 is 0. The summed E-state index contributed by atoms with van der Waals surface area (Å²) in [7, 11) is 0. The van der Waals surface area contributed by atoms with Gasteiger partial charge < -0.3 is 16.0 Å². The fourth-order valence-corrected chi connectivity index (χ4v) is 1.80. The van der Waals surface area contributed by atoms with Crippen LogP contribution in [-0.4, -0.2) is 24.9 Å². The summed E-state index contributed by atoms with van der Waals surface area (Å²) in [5.74, 6) is 0.301. The molecule has 1 aromatic carbocycles. The minimum absolute atomic E-state index is 0.0158. The van der Waals surface area contributed by atoms with Crippen LogP contribution in [0, 0.1) is 5.92 Å². The summed E-state index contributed by atoms with van der Waals surface area (Å²) in [5.41, 5.74) is 1.82. The Hall–Kier alpha value is -1.88. The van der Waals surface area contributed by atoms with Gasteiger partial charge in [-0.1, -0.05) is 19.1 Å². The van der Waals surface area contributed by atoms with E-state index in [0.29, 0.717) is 13.1 Å². The first-order valence-electron chi connectivity index (χ1n) is 7.06. The standard InChI is InChI=1S/C15H21N3O2/c1-2-16-10-14(19)17-9-11-3-7-13(8-4-11)18-15(20)12-5-6-12/h3-4,7-8,12,16H,2,5-6,9-10H2,1H3,(H,17,19)(H,18,20). The molecule has 5 heteroatoms. The topological polar surface area (TPSA) is 70.2 Å². The lowest BCUT2D eigenvalue weighted by molar-refractivity contribution is -0.120. The van der Waals surface area contributed by atoms with Crippen molar-refractivity contribution in [2.75, 3.05) is 18.4 Å².